The molecule has 4 nitrogen and oxygen atoms in total. The fourth-order valence-electron chi connectivity index (χ4n) is 2.00. The zero-order valence-corrected chi connectivity index (χ0v) is 12.1. The largest absolute Gasteiger partial charge is 0.378 e. The van der Waals surface area contributed by atoms with Gasteiger partial charge >= 0.3 is 0 Å². The van der Waals surface area contributed by atoms with E-state index in [2.05, 4.69) is 14.9 Å². The van der Waals surface area contributed by atoms with Crippen LogP contribution in [0.2, 0.25) is 15.2 Å². The third-order valence-corrected chi connectivity index (χ3v) is 3.93. The Hall–Kier alpha value is -0.810. The maximum Gasteiger partial charge on any atom is 0.172 e. The first-order valence-corrected chi connectivity index (χ1v) is 6.93. The van der Waals surface area contributed by atoms with Crippen molar-refractivity contribution in [1.29, 1.82) is 0 Å². The number of rotatable bonds is 1. The van der Waals surface area contributed by atoms with Gasteiger partial charge in [-0.1, -0.05) is 34.8 Å². The van der Waals surface area contributed by atoms with E-state index >= 15 is 0 Å². The van der Waals surface area contributed by atoms with Crippen LogP contribution in [0, 0.1) is 0 Å². The van der Waals surface area contributed by atoms with Crippen molar-refractivity contribution in [2.45, 2.75) is 0 Å². The number of morpholine rings is 1. The molecule has 19 heavy (non-hydrogen) atoms. The first kappa shape index (κ1) is 13.2. The van der Waals surface area contributed by atoms with E-state index in [0.29, 0.717) is 45.3 Å². The first-order valence-electron chi connectivity index (χ1n) is 5.80. The molecule has 0 amide bonds. The third-order valence-electron chi connectivity index (χ3n) is 2.96. The second kappa shape index (κ2) is 5.29. The summed E-state index contributed by atoms with van der Waals surface area (Å²) in [5, 5.41) is 1.27. The molecule has 1 aromatic carbocycles. The highest BCUT2D eigenvalue weighted by molar-refractivity contribution is 6.42. The summed E-state index contributed by atoms with van der Waals surface area (Å²) >= 11 is 18.2. The summed E-state index contributed by atoms with van der Waals surface area (Å²) in [5.41, 5.74) is 1.32. The molecule has 2 aromatic rings. The lowest BCUT2D eigenvalue weighted by Crippen LogP contribution is -2.37. The molecule has 0 unspecified atom stereocenters. The monoisotopic (exact) mass is 317 g/mol. The van der Waals surface area contributed by atoms with E-state index in [1.165, 1.54) is 0 Å². The molecule has 0 bridgehead atoms. The molecule has 1 fully saturated rings. The quantitative estimate of drug-likeness (QED) is 0.807. The highest BCUT2D eigenvalue weighted by atomic mass is 35.5. The van der Waals surface area contributed by atoms with Crippen LogP contribution < -0.4 is 4.90 Å². The van der Waals surface area contributed by atoms with Gasteiger partial charge in [-0.2, -0.15) is 0 Å². The minimum absolute atomic E-state index is 0.368. The van der Waals surface area contributed by atoms with Crippen molar-refractivity contribution >= 4 is 51.7 Å². The van der Waals surface area contributed by atoms with Gasteiger partial charge in [0.2, 0.25) is 0 Å². The van der Waals surface area contributed by atoms with Gasteiger partial charge in [0.05, 0.1) is 34.3 Å². The molecule has 2 heterocycles. The maximum absolute atomic E-state index is 6.20. The molecule has 1 aromatic heterocycles. The lowest BCUT2D eigenvalue weighted by molar-refractivity contribution is 0.122. The number of anilines is 1. The van der Waals surface area contributed by atoms with Gasteiger partial charge in [0.25, 0.3) is 0 Å². The van der Waals surface area contributed by atoms with Gasteiger partial charge in [-0.25, -0.2) is 9.97 Å². The smallest absolute Gasteiger partial charge is 0.172 e. The molecular formula is C12H10Cl3N3O. The lowest BCUT2D eigenvalue weighted by atomic mass is 10.3. The summed E-state index contributed by atoms with van der Waals surface area (Å²) in [7, 11) is 0. The van der Waals surface area contributed by atoms with Crippen LogP contribution in [-0.2, 0) is 4.74 Å². The molecule has 0 saturated carbocycles. The second-order valence-electron chi connectivity index (χ2n) is 4.19. The molecule has 1 saturated heterocycles. The summed E-state index contributed by atoms with van der Waals surface area (Å²) in [6.45, 7) is 2.83. The van der Waals surface area contributed by atoms with Crippen molar-refractivity contribution in [3.8, 4) is 0 Å². The van der Waals surface area contributed by atoms with Crippen LogP contribution in [0.5, 0.6) is 0 Å². The van der Waals surface area contributed by atoms with Gasteiger partial charge in [-0.05, 0) is 12.1 Å². The van der Waals surface area contributed by atoms with E-state index in [-0.39, 0.29) is 0 Å². The maximum atomic E-state index is 6.20. The molecular weight excluding hydrogens is 309 g/mol. The standard InChI is InChI=1S/C12H10Cl3N3O/c13-7-5-9-10(6-8(7)14)17-12(11(15)16-9)18-1-3-19-4-2-18/h5-6H,1-4H2. The molecule has 7 heteroatoms. The average Bonchev–Trinajstić information content (AvgIpc) is 2.41. The van der Waals surface area contributed by atoms with Crippen LogP contribution in [0.3, 0.4) is 0 Å². The number of ether oxygens (including phenoxy) is 1. The van der Waals surface area contributed by atoms with Gasteiger partial charge in [-0.3, -0.25) is 0 Å². The Morgan fingerprint density at radius 3 is 2.16 bits per heavy atom. The summed E-state index contributed by atoms with van der Waals surface area (Å²) in [5.74, 6) is 0.663. The van der Waals surface area contributed by atoms with E-state index in [4.69, 9.17) is 39.5 Å². The topological polar surface area (TPSA) is 38.2 Å². The molecule has 1 aliphatic rings. The van der Waals surface area contributed by atoms with Gasteiger partial charge in [-0.15, -0.1) is 0 Å². The third kappa shape index (κ3) is 2.58. The Labute approximate surface area is 125 Å². The summed E-state index contributed by atoms with van der Waals surface area (Å²) < 4.78 is 5.31. The molecule has 0 radical (unpaired) electrons. The van der Waals surface area contributed by atoms with Crippen LogP contribution in [0.4, 0.5) is 5.82 Å². The number of hydrogen-bond donors (Lipinski definition) is 0. The predicted octanol–water partition coefficient (Wildman–Crippen LogP) is 3.43. The van der Waals surface area contributed by atoms with Crippen molar-refractivity contribution in [2.24, 2.45) is 0 Å². The Bertz CT molecular complexity index is 629. The summed E-state index contributed by atoms with van der Waals surface area (Å²) in [6, 6.07) is 3.37. The Kier molecular flexibility index (Phi) is 3.67. The van der Waals surface area contributed by atoms with Gasteiger partial charge in [0, 0.05) is 13.1 Å². The van der Waals surface area contributed by atoms with E-state index in [0.717, 1.165) is 13.1 Å². The van der Waals surface area contributed by atoms with E-state index < -0.39 is 0 Å². The average molecular weight is 319 g/mol. The van der Waals surface area contributed by atoms with Gasteiger partial charge in [0.15, 0.2) is 11.0 Å². The number of halogens is 3. The minimum atomic E-state index is 0.368. The summed E-state index contributed by atoms with van der Waals surface area (Å²) in [4.78, 5) is 10.9. The van der Waals surface area contributed by atoms with E-state index in [9.17, 15) is 0 Å². The SMILES string of the molecule is Clc1cc2nc(Cl)c(N3CCOCC3)nc2cc1Cl. The van der Waals surface area contributed by atoms with Crippen molar-refractivity contribution in [3.63, 3.8) is 0 Å². The fourth-order valence-corrected chi connectivity index (χ4v) is 2.57. The predicted molar refractivity (Wildman–Crippen MR) is 77.6 cm³/mol. The van der Waals surface area contributed by atoms with Gasteiger partial charge < -0.3 is 9.64 Å². The van der Waals surface area contributed by atoms with Crippen LogP contribution in [0.25, 0.3) is 11.0 Å². The van der Waals surface area contributed by atoms with Crippen molar-refractivity contribution < 1.29 is 4.74 Å². The molecule has 0 N–H and O–H groups in total. The van der Waals surface area contributed by atoms with Crippen LogP contribution in [0.1, 0.15) is 0 Å². The Morgan fingerprint density at radius 1 is 0.947 bits per heavy atom. The fraction of sp³-hybridized carbons (Fsp3) is 0.333. The van der Waals surface area contributed by atoms with Crippen molar-refractivity contribution in [2.75, 3.05) is 31.2 Å². The highest BCUT2D eigenvalue weighted by Gasteiger charge is 2.18. The number of hydrogen-bond acceptors (Lipinski definition) is 4. The van der Waals surface area contributed by atoms with Gasteiger partial charge in [0.1, 0.15) is 0 Å². The minimum Gasteiger partial charge on any atom is -0.378 e. The Morgan fingerprint density at radius 2 is 1.53 bits per heavy atom. The molecule has 3 rings (SSSR count). The molecule has 0 spiro atoms. The summed E-state index contributed by atoms with van der Waals surface area (Å²) in [6.07, 6.45) is 0. The first-order chi connectivity index (χ1) is 9.15. The van der Waals surface area contributed by atoms with E-state index in [1.807, 2.05) is 0 Å². The highest BCUT2D eigenvalue weighted by Crippen LogP contribution is 2.30. The number of benzene rings is 1. The molecule has 0 aliphatic carbocycles. The normalized spacial score (nSPS) is 16.1. The zero-order chi connectivity index (χ0) is 13.4. The van der Waals surface area contributed by atoms with Crippen molar-refractivity contribution in [1.82, 2.24) is 9.97 Å². The second-order valence-corrected chi connectivity index (χ2v) is 5.36. The number of fused-ring (bicyclic) bond motifs is 1. The van der Waals surface area contributed by atoms with Crippen molar-refractivity contribution in [3.05, 3.63) is 27.3 Å². The molecule has 1 aliphatic heterocycles. The molecule has 0 atom stereocenters. The lowest BCUT2D eigenvalue weighted by Gasteiger charge is -2.28. The van der Waals surface area contributed by atoms with Crippen LogP contribution >= 0.6 is 34.8 Å². The Balaban J connectivity index is 2.10. The van der Waals surface area contributed by atoms with Crippen LogP contribution in [-0.4, -0.2) is 36.3 Å². The molecule has 100 valence electrons. The number of nitrogens with zero attached hydrogens (tertiary/aromatic N) is 3. The van der Waals surface area contributed by atoms with Crippen LogP contribution in [0.15, 0.2) is 12.1 Å². The van der Waals surface area contributed by atoms with E-state index in [1.54, 1.807) is 12.1 Å². The zero-order valence-electron chi connectivity index (χ0n) is 9.87. The number of aromatic nitrogens is 2.